The molecule has 0 unspecified atom stereocenters. The number of esters is 1. The Morgan fingerprint density at radius 1 is 0.621 bits per heavy atom. The summed E-state index contributed by atoms with van der Waals surface area (Å²) < 4.78 is 26.2. The lowest BCUT2D eigenvalue weighted by Crippen LogP contribution is -2.17. The number of carboxylic acid groups (broad SMARTS) is 1. The van der Waals surface area contributed by atoms with Gasteiger partial charge in [-0.2, -0.15) is 0 Å². The number of carboxylic acids is 1. The number of carbonyl (C=O) groups excluding carboxylic acids is 2. The van der Waals surface area contributed by atoms with Crippen LogP contribution in [0.25, 0.3) is 0 Å². The van der Waals surface area contributed by atoms with E-state index < -0.39 is 17.7 Å². The van der Waals surface area contributed by atoms with Crippen molar-refractivity contribution in [2.24, 2.45) is 0 Å². The van der Waals surface area contributed by atoms with Crippen molar-refractivity contribution in [2.75, 3.05) is 65.3 Å². The van der Waals surface area contributed by atoms with Crippen molar-refractivity contribution in [3.8, 4) is 0 Å². The van der Waals surface area contributed by atoms with Gasteiger partial charge in [-0.1, -0.05) is 12.8 Å². The number of ketones is 1. The summed E-state index contributed by atoms with van der Waals surface area (Å²) in [6, 6.07) is 0. The number of carbonyl (C=O) groups is 3. The summed E-state index contributed by atoms with van der Waals surface area (Å²) in [6.07, 6.45) is 3.76. The summed E-state index contributed by atoms with van der Waals surface area (Å²) in [7, 11) is 0. The molecule has 1 N–H and O–H groups in total. The Kier molecular flexibility index (Phi) is 20.5. The van der Waals surface area contributed by atoms with Gasteiger partial charge in [-0.15, -0.1) is 11.6 Å². The summed E-state index contributed by atoms with van der Waals surface area (Å²) >= 11 is 5.60. The van der Waals surface area contributed by atoms with Crippen molar-refractivity contribution in [1.82, 2.24) is 0 Å². The fraction of sp³-hybridized carbons (Fsp3) is 0.842. The van der Waals surface area contributed by atoms with Gasteiger partial charge in [0, 0.05) is 18.9 Å². The van der Waals surface area contributed by atoms with Gasteiger partial charge >= 0.3 is 11.9 Å². The number of ether oxygens (including phenoxy) is 5. The number of hydrogen-bond acceptors (Lipinski definition) is 8. The quantitative estimate of drug-likeness (QED) is 0.116. The standard InChI is InChI=1S/C19H33ClO9/c20-7-3-1-2-4-8-25-9-10-26-11-12-27-13-14-28-15-16-29-18(22)6-5-17(21)19(23)24/h1-16H2,(H,23,24). The number of unbranched alkanes of at least 4 members (excludes halogenated alkanes) is 3. The van der Waals surface area contributed by atoms with Crippen LogP contribution in [0, 0.1) is 0 Å². The molecule has 0 heterocycles. The van der Waals surface area contributed by atoms with Gasteiger partial charge in [0.1, 0.15) is 6.61 Å². The molecule has 0 rings (SSSR count). The molecule has 0 aromatic carbocycles. The molecular weight excluding hydrogens is 408 g/mol. The Hall–Kier alpha value is -1.26. The van der Waals surface area contributed by atoms with Gasteiger partial charge in [0.2, 0.25) is 5.78 Å². The summed E-state index contributed by atoms with van der Waals surface area (Å²) in [6.45, 7) is 3.75. The van der Waals surface area contributed by atoms with E-state index in [1.807, 2.05) is 0 Å². The molecule has 0 radical (unpaired) electrons. The van der Waals surface area contributed by atoms with E-state index in [2.05, 4.69) is 0 Å². The van der Waals surface area contributed by atoms with E-state index in [4.69, 9.17) is 40.4 Å². The van der Waals surface area contributed by atoms with Crippen LogP contribution in [0.5, 0.6) is 0 Å². The Balaban J connectivity index is 3.17. The van der Waals surface area contributed by atoms with E-state index in [-0.39, 0.29) is 26.1 Å². The second kappa shape index (κ2) is 21.4. The van der Waals surface area contributed by atoms with Crippen molar-refractivity contribution in [3.05, 3.63) is 0 Å². The van der Waals surface area contributed by atoms with Gasteiger partial charge in [0.05, 0.1) is 52.7 Å². The van der Waals surface area contributed by atoms with Crippen LogP contribution >= 0.6 is 11.6 Å². The lowest BCUT2D eigenvalue weighted by atomic mass is 10.2. The average molecular weight is 441 g/mol. The summed E-state index contributed by atoms with van der Waals surface area (Å²) in [5.41, 5.74) is 0. The molecular formula is C19H33ClO9. The molecule has 170 valence electrons. The maximum atomic E-state index is 11.3. The largest absolute Gasteiger partial charge is 0.476 e. The molecule has 29 heavy (non-hydrogen) atoms. The molecule has 0 aromatic heterocycles. The number of rotatable bonds is 22. The third-order valence-electron chi connectivity index (χ3n) is 3.57. The highest BCUT2D eigenvalue weighted by Gasteiger charge is 2.14. The highest BCUT2D eigenvalue weighted by Crippen LogP contribution is 2.01. The van der Waals surface area contributed by atoms with Crippen molar-refractivity contribution in [2.45, 2.75) is 38.5 Å². The monoisotopic (exact) mass is 440 g/mol. The molecule has 0 amide bonds. The Bertz CT molecular complexity index is 432. The molecule has 0 aliphatic carbocycles. The average Bonchev–Trinajstić information content (AvgIpc) is 2.71. The minimum atomic E-state index is -1.55. The first-order chi connectivity index (χ1) is 14.1. The number of alkyl halides is 1. The normalized spacial score (nSPS) is 10.8. The van der Waals surface area contributed by atoms with Crippen LogP contribution in [0.3, 0.4) is 0 Å². The van der Waals surface area contributed by atoms with Crippen LogP contribution in [0.2, 0.25) is 0 Å². The molecule has 9 nitrogen and oxygen atoms in total. The van der Waals surface area contributed by atoms with Crippen molar-refractivity contribution < 1.29 is 43.2 Å². The van der Waals surface area contributed by atoms with Gasteiger partial charge in [-0.3, -0.25) is 9.59 Å². The fourth-order valence-corrected chi connectivity index (χ4v) is 2.21. The number of hydrogen-bond donors (Lipinski definition) is 1. The molecule has 0 fully saturated rings. The predicted molar refractivity (Wildman–Crippen MR) is 105 cm³/mol. The van der Waals surface area contributed by atoms with Crippen LogP contribution in [0.15, 0.2) is 0 Å². The summed E-state index contributed by atoms with van der Waals surface area (Å²) in [5.74, 6) is -2.48. The Morgan fingerprint density at radius 2 is 1.10 bits per heavy atom. The molecule has 0 aliphatic heterocycles. The zero-order valence-electron chi connectivity index (χ0n) is 16.9. The van der Waals surface area contributed by atoms with E-state index >= 15 is 0 Å². The van der Waals surface area contributed by atoms with Crippen LogP contribution in [-0.4, -0.2) is 88.2 Å². The predicted octanol–water partition coefficient (Wildman–Crippen LogP) is 1.83. The van der Waals surface area contributed by atoms with Crippen molar-refractivity contribution in [1.29, 1.82) is 0 Å². The van der Waals surface area contributed by atoms with E-state index in [0.29, 0.717) is 39.6 Å². The van der Waals surface area contributed by atoms with E-state index in [1.54, 1.807) is 0 Å². The maximum Gasteiger partial charge on any atom is 0.372 e. The first-order valence-corrected chi connectivity index (χ1v) is 10.4. The van der Waals surface area contributed by atoms with Crippen molar-refractivity contribution >= 4 is 29.3 Å². The van der Waals surface area contributed by atoms with Gasteiger partial charge in [-0.25, -0.2) is 4.79 Å². The Labute approximate surface area is 176 Å². The number of halogens is 1. The molecule has 10 heteroatoms. The third-order valence-corrected chi connectivity index (χ3v) is 3.84. The minimum absolute atomic E-state index is 0.0376. The van der Waals surface area contributed by atoms with Gasteiger partial charge < -0.3 is 28.8 Å². The highest BCUT2D eigenvalue weighted by molar-refractivity contribution is 6.32. The SMILES string of the molecule is O=C(CCC(=O)C(=O)O)OCCOCCOCCOCCOCCCCCCCl. The number of Topliss-reactive ketones (excluding diaryl/α,β-unsaturated/α-hetero) is 1. The second-order valence-corrected chi connectivity index (χ2v) is 6.38. The third kappa shape index (κ3) is 21.3. The summed E-state index contributed by atoms with van der Waals surface area (Å²) in [5, 5.41) is 8.38. The fourth-order valence-electron chi connectivity index (χ4n) is 2.02. The van der Waals surface area contributed by atoms with Crippen LogP contribution in [0.1, 0.15) is 38.5 Å². The first kappa shape index (κ1) is 27.7. The topological polar surface area (TPSA) is 118 Å². The van der Waals surface area contributed by atoms with E-state index in [1.165, 1.54) is 0 Å². The zero-order chi connectivity index (χ0) is 21.6. The van der Waals surface area contributed by atoms with Gasteiger partial charge in [0.15, 0.2) is 0 Å². The minimum Gasteiger partial charge on any atom is -0.476 e. The molecule has 0 bridgehead atoms. The first-order valence-electron chi connectivity index (χ1n) is 9.86. The van der Waals surface area contributed by atoms with Gasteiger partial charge in [-0.05, 0) is 12.8 Å². The smallest absolute Gasteiger partial charge is 0.372 e. The second-order valence-electron chi connectivity index (χ2n) is 6.00. The molecule has 0 saturated heterocycles. The Morgan fingerprint density at radius 3 is 1.62 bits per heavy atom. The lowest BCUT2D eigenvalue weighted by Gasteiger charge is -2.08. The number of aliphatic carboxylic acids is 1. The highest BCUT2D eigenvalue weighted by atomic mass is 35.5. The lowest BCUT2D eigenvalue weighted by molar-refractivity contribution is -0.151. The zero-order valence-corrected chi connectivity index (χ0v) is 17.7. The molecule has 0 saturated carbocycles. The molecule has 0 spiro atoms. The summed E-state index contributed by atoms with van der Waals surface area (Å²) in [4.78, 5) is 32.4. The van der Waals surface area contributed by atoms with Crippen LogP contribution < -0.4 is 0 Å². The van der Waals surface area contributed by atoms with E-state index in [9.17, 15) is 14.4 Å². The van der Waals surface area contributed by atoms with Crippen LogP contribution in [-0.2, 0) is 38.1 Å². The van der Waals surface area contributed by atoms with E-state index in [0.717, 1.165) is 38.2 Å². The van der Waals surface area contributed by atoms with Gasteiger partial charge in [0.25, 0.3) is 0 Å². The van der Waals surface area contributed by atoms with Crippen LogP contribution in [0.4, 0.5) is 0 Å². The van der Waals surface area contributed by atoms with Crippen molar-refractivity contribution in [3.63, 3.8) is 0 Å². The maximum absolute atomic E-state index is 11.3. The molecule has 0 aliphatic rings. The molecule has 0 atom stereocenters. The molecule has 0 aromatic rings.